The van der Waals surface area contributed by atoms with Crippen molar-refractivity contribution in [3.05, 3.63) is 59.7 Å². The number of hydrogen-bond donors (Lipinski definition) is 1. The van der Waals surface area contributed by atoms with E-state index in [9.17, 15) is 4.79 Å². The maximum Gasteiger partial charge on any atom is 0.247 e. The number of carbonyl (C=O) groups excluding carboxylic acids is 1. The molecule has 0 unspecified atom stereocenters. The minimum atomic E-state index is -0.710. The fraction of sp³-hybridized carbons (Fsp3) is 0.476. The Labute approximate surface area is 159 Å². The highest BCUT2D eigenvalue weighted by Gasteiger charge is 2.55. The molecule has 144 valence electrons. The minimum absolute atomic E-state index is 0.0790. The first kappa shape index (κ1) is 18.4. The quantitative estimate of drug-likeness (QED) is 0.832. The third-order valence-electron chi connectivity index (χ3n) is 4.90. The molecule has 0 saturated carbocycles. The molecule has 27 heavy (non-hydrogen) atoms. The smallest absolute Gasteiger partial charge is 0.247 e. The average molecular weight is 371 g/mol. The minimum Gasteiger partial charge on any atom is -0.368 e. The predicted octanol–water partition coefficient (Wildman–Crippen LogP) is 2.45. The first-order chi connectivity index (χ1) is 13.0. The van der Waals surface area contributed by atoms with Crippen LogP contribution in [0.1, 0.15) is 25.8 Å². The standard InChI is InChI=1S/C21H25NO5/c1-21(2)26-18-17(24-13-14-8-4-3-5-9-14)16(25-20(18)27-21)12-22-19(23)15-10-6-7-11-15/h3-10,16-18,20H,11-13H2,1-2H3,(H,22,23)/t16-,17+,18-,20-/m1/s1. The molecule has 1 amide bonds. The third kappa shape index (κ3) is 4.14. The largest absolute Gasteiger partial charge is 0.368 e. The van der Waals surface area contributed by atoms with Crippen LogP contribution in [0.2, 0.25) is 0 Å². The van der Waals surface area contributed by atoms with E-state index in [4.69, 9.17) is 18.9 Å². The van der Waals surface area contributed by atoms with Crippen molar-refractivity contribution < 1.29 is 23.7 Å². The summed E-state index contributed by atoms with van der Waals surface area (Å²) in [7, 11) is 0. The van der Waals surface area contributed by atoms with Gasteiger partial charge in [0.15, 0.2) is 12.1 Å². The number of amides is 1. The second-order valence-electron chi connectivity index (χ2n) is 7.44. The first-order valence-corrected chi connectivity index (χ1v) is 9.32. The fourth-order valence-corrected chi connectivity index (χ4v) is 3.60. The topological polar surface area (TPSA) is 66.0 Å². The van der Waals surface area contributed by atoms with Crippen LogP contribution < -0.4 is 5.32 Å². The molecule has 1 aromatic carbocycles. The van der Waals surface area contributed by atoms with E-state index >= 15 is 0 Å². The zero-order valence-corrected chi connectivity index (χ0v) is 15.6. The van der Waals surface area contributed by atoms with Crippen molar-refractivity contribution in [2.75, 3.05) is 6.54 Å². The Kier molecular flexibility index (Phi) is 5.14. The van der Waals surface area contributed by atoms with E-state index in [1.54, 1.807) is 0 Å². The summed E-state index contributed by atoms with van der Waals surface area (Å²) in [6.07, 6.45) is 4.87. The van der Waals surface area contributed by atoms with E-state index in [-0.39, 0.29) is 24.2 Å². The molecule has 0 aromatic heterocycles. The van der Waals surface area contributed by atoms with Crippen molar-refractivity contribution in [1.82, 2.24) is 5.32 Å². The SMILES string of the molecule is CC1(C)O[C@H]2O[C@H](CNC(=O)C3=CC=CC3)[C@H](OCc3ccccc3)[C@H]2O1. The van der Waals surface area contributed by atoms with Gasteiger partial charge in [0.25, 0.3) is 0 Å². The summed E-state index contributed by atoms with van der Waals surface area (Å²) >= 11 is 0. The summed E-state index contributed by atoms with van der Waals surface area (Å²) in [5.41, 5.74) is 1.83. The molecular formula is C21H25NO5. The summed E-state index contributed by atoms with van der Waals surface area (Å²) < 4.78 is 24.0. The highest BCUT2D eigenvalue weighted by atomic mass is 16.8. The second-order valence-corrected chi connectivity index (χ2v) is 7.44. The highest BCUT2D eigenvalue weighted by molar-refractivity contribution is 5.94. The Morgan fingerprint density at radius 2 is 2.07 bits per heavy atom. The van der Waals surface area contributed by atoms with Crippen LogP contribution in [0.3, 0.4) is 0 Å². The van der Waals surface area contributed by atoms with Gasteiger partial charge in [-0.3, -0.25) is 4.79 Å². The number of hydrogen-bond acceptors (Lipinski definition) is 5. The molecular weight excluding hydrogens is 346 g/mol. The monoisotopic (exact) mass is 371 g/mol. The lowest BCUT2D eigenvalue weighted by molar-refractivity contribution is -0.218. The molecule has 0 bridgehead atoms. The van der Waals surface area contributed by atoms with Crippen molar-refractivity contribution in [2.45, 2.75) is 57.3 Å². The molecule has 2 heterocycles. The maximum atomic E-state index is 12.3. The number of ether oxygens (including phenoxy) is 4. The van der Waals surface area contributed by atoms with Crippen LogP contribution in [0.4, 0.5) is 0 Å². The van der Waals surface area contributed by atoms with Gasteiger partial charge in [0.1, 0.15) is 18.3 Å². The second kappa shape index (κ2) is 7.56. The lowest BCUT2D eigenvalue weighted by atomic mass is 10.1. The van der Waals surface area contributed by atoms with Crippen LogP contribution in [0, 0.1) is 0 Å². The number of allylic oxidation sites excluding steroid dienone is 3. The van der Waals surface area contributed by atoms with Gasteiger partial charge in [-0.15, -0.1) is 0 Å². The molecule has 1 N–H and O–H groups in total. The molecule has 2 fully saturated rings. The molecule has 1 aromatic rings. The van der Waals surface area contributed by atoms with Crippen molar-refractivity contribution in [2.24, 2.45) is 0 Å². The zero-order chi connectivity index (χ0) is 18.9. The molecule has 0 spiro atoms. The third-order valence-corrected chi connectivity index (χ3v) is 4.90. The van der Waals surface area contributed by atoms with Crippen molar-refractivity contribution in [3.63, 3.8) is 0 Å². The van der Waals surface area contributed by atoms with Crippen molar-refractivity contribution >= 4 is 5.91 Å². The van der Waals surface area contributed by atoms with E-state index < -0.39 is 12.1 Å². The van der Waals surface area contributed by atoms with Crippen LogP contribution >= 0.6 is 0 Å². The number of carbonyl (C=O) groups is 1. The van der Waals surface area contributed by atoms with Gasteiger partial charge in [-0.1, -0.05) is 48.6 Å². The zero-order valence-electron chi connectivity index (χ0n) is 15.6. The lowest BCUT2D eigenvalue weighted by Crippen LogP contribution is -2.43. The van der Waals surface area contributed by atoms with Gasteiger partial charge < -0.3 is 24.3 Å². The summed E-state index contributed by atoms with van der Waals surface area (Å²) in [4.78, 5) is 12.3. The van der Waals surface area contributed by atoms with Crippen LogP contribution in [-0.4, -0.2) is 42.8 Å². The predicted molar refractivity (Wildman–Crippen MR) is 98.6 cm³/mol. The van der Waals surface area contributed by atoms with Crippen LogP contribution in [0.15, 0.2) is 54.1 Å². The summed E-state index contributed by atoms with van der Waals surface area (Å²) in [5, 5.41) is 2.94. The van der Waals surface area contributed by atoms with Crippen molar-refractivity contribution in [3.8, 4) is 0 Å². The number of nitrogens with one attached hydrogen (secondary N) is 1. The molecule has 6 nitrogen and oxygen atoms in total. The molecule has 4 atom stereocenters. The summed E-state index contributed by atoms with van der Waals surface area (Å²) in [6.45, 7) is 4.51. The molecule has 4 rings (SSSR count). The molecule has 2 aliphatic heterocycles. The number of rotatable bonds is 6. The first-order valence-electron chi connectivity index (χ1n) is 9.32. The molecule has 3 aliphatic rings. The summed E-state index contributed by atoms with van der Waals surface area (Å²) in [5.74, 6) is -0.789. The van der Waals surface area contributed by atoms with Gasteiger partial charge in [0.05, 0.1) is 6.61 Å². The van der Waals surface area contributed by atoms with Gasteiger partial charge in [0, 0.05) is 12.1 Å². The fourth-order valence-electron chi connectivity index (χ4n) is 3.60. The van der Waals surface area contributed by atoms with E-state index in [1.165, 1.54) is 0 Å². The van der Waals surface area contributed by atoms with Crippen LogP contribution in [0.25, 0.3) is 0 Å². The van der Waals surface area contributed by atoms with Gasteiger partial charge in [0.2, 0.25) is 5.91 Å². The number of fused-ring (bicyclic) bond motifs is 1. The highest BCUT2D eigenvalue weighted by Crippen LogP contribution is 2.38. The van der Waals surface area contributed by atoms with Gasteiger partial charge in [-0.25, -0.2) is 0 Å². The van der Waals surface area contributed by atoms with E-state index in [2.05, 4.69) is 5.32 Å². The van der Waals surface area contributed by atoms with E-state index in [1.807, 2.05) is 62.4 Å². The molecule has 1 aliphatic carbocycles. The van der Waals surface area contributed by atoms with Gasteiger partial charge in [-0.2, -0.15) is 0 Å². The number of benzene rings is 1. The maximum absolute atomic E-state index is 12.3. The van der Waals surface area contributed by atoms with Crippen LogP contribution in [-0.2, 0) is 30.3 Å². The van der Waals surface area contributed by atoms with Gasteiger partial charge in [-0.05, 0) is 25.8 Å². The van der Waals surface area contributed by atoms with E-state index in [0.717, 1.165) is 11.1 Å². The normalized spacial score (nSPS) is 31.0. The molecule has 0 radical (unpaired) electrons. The Bertz CT molecular complexity index is 742. The van der Waals surface area contributed by atoms with Crippen molar-refractivity contribution in [1.29, 1.82) is 0 Å². The summed E-state index contributed by atoms with van der Waals surface area (Å²) in [6, 6.07) is 9.96. The van der Waals surface area contributed by atoms with Gasteiger partial charge >= 0.3 is 0 Å². The molecule has 6 heteroatoms. The van der Waals surface area contributed by atoms with Crippen LogP contribution in [0.5, 0.6) is 0 Å². The Hall–Kier alpha value is -1.99. The van der Waals surface area contributed by atoms with E-state index in [0.29, 0.717) is 19.6 Å². The lowest BCUT2D eigenvalue weighted by Gasteiger charge is -2.26. The Balaban J connectivity index is 1.40. The Morgan fingerprint density at radius 3 is 2.81 bits per heavy atom. The molecule has 2 saturated heterocycles. The average Bonchev–Trinajstić information content (AvgIpc) is 3.34. The Morgan fingerprint density at radius 1 is 1.26 bits per heavy atom.